The molecule has 0 aliphatic carbocycles. The van der Waals surface area contributed by atoms with Gasteiger partial charge in [-0.2, -0.15) is 0 Å². The first-order chi connectivity index (χ1) is 9.41. The van der Waals surface area contributed by atoms with Gasteiger partial charge in [-0.3, -0.25) is 4.79 Å². The van der Waals surface area contributed by atoms with Gasteiger partial charge in [0, 0.05) is 15.7 Å². The van der Waals surface area contributed by atoms with Crippen LogP contribution < -0.4 is 5.32 Å². The molecule has 0 unspecified atom stereocenters. The van der Waals surface area contributed by atoms with E-state index in [1.807, 2.05) is 26.0 Å². The third-order valence-electron chi connectivity index (χ3n) is 3.32. The predicted molar refractivity (Wildman–Crippen MR) is 84.4 cm³/mol. The number of phenolic OH excluding ortho intramolecular Hbond substituents is 1. The number of anilines is 1. The van der Waals surface area contributed by atoms with Crippen LogP contribution in [0.5, 0.6) is 5.75 Å². The maximum atomic E-state index is 12.3. The molecule has 0 aliphatic heterocycles. The fourth-order valence-electron chi connectivity index (χ4n) is 1.98. The van der Waals surface area contributed by atoms with Gasteiger partial charge in [0.15, 0.2) is 0 Å². The molecule has 2 aromatic rings. The van der Waals surface area contributed by atoms with Gasteiger partial charge in [0.1, 0.15) is 5.75 Å². The number of benzene rings is 2. The molecule has 0 bridgehead atoms. The first-order valence-corrected chi connectivity index (χ1v) is 7.06. The summed E-state index contributed by atoms with van der Waals surface area (Å²) in [7, 11) is 0. The highest BCUT2D eigenvalue weighted by atomic mass is 79.9. The summed E-state index contributed by atoms with van der Waals surface area (Å²) in [4.78, 5) is 12.3. The second-order valence-corrected chi connectivity index (χ2v) is 5.59. The lowest BCUT2D eigenvalue weighted by molar-refractivity contribution is 0.102. The van der Waals surface area contributed by atoms with Gasteiger partial charge >= 0.3 is 0 Å². The minimum atomic E-state index is -0.202. The SMILES string of the molecule is Cc1ccc(NC(=O)c2cccc(C)c2Br)c(C)c1O. The molecule has 2 aromatic carbocycles. The quantitative estimate of drug-likeness (QED) is 0.859. The van der Waals surface area contributed by atoms with Crippen molar-refractivity contribution < 1.29 is 9.90 Å². The number of nitrogens with one attached hydrogen (secondary N) is 1. The number of phenols is 1. The molecule has 3 nitrogen and oxygen atoms in total. The Morgan fingerprint density at radius 3 is 2.50 bits per heavy atom. The van der Waals surface area contributed by atoms with E-state index in [1.165, 1.54) is 0 Å². The van der Waals surface area contributed by atoms with E-state index in [9.17, 15) is 9.90 Å². The number of aromatic hydroxyl groups is 1. The highest BCUT2D eigenvalue weighted by Crippen LogP contribution is 2.29. The van der Waals surface area contributed by atoms with Crippen LogP contribution in [0.1, 0.15) is 27.0 Å². The number of hydrogen-bond acceptors (Lipinski definition) is 2. The lowest BCUT2D eigenvalue weighted by atomic mass is 10.1. The van der Waals surface area contributed by atoms with Crippen molar-refractivity contribution in [2.45, 2.75) is 20.8 Å². The standard InChI is InChI=1S/C16H16BrNO2/c1-9-5-4-6-12(14(9)17)16(20)18-13-8-7-10(2)15(19)11(13)3/h4-8,19H,1-3H3,(H,18,20). The average molecular weight is 334 g/mol. The van der Waals surface area contributed by atoms with Crippen LogP contribution >= 0.6 is 15.9 Å². The monoisotopic (exact) mass is 333 g/mol. The molecule has 0 aliphatic rings. The van der Waals surface area contributed by atoms with Crippen molar-refractivity contribution in [2.24, 2.45) is 0 Å². The van der Waals surface area contributed by atoms with Crippen molar-refractivity contribution >= 4 is 27.5 Å². The number of amides is 1. The maximum Gasteiger partial charge on any atom is 0.256 e. The number of halogens is 1. The first-order valence-electron chi connectivity index (χ1n) is 6.27. The fourth-order valence-corrected chi connectivity index (χ4v) is 2.43. The van der Waals surface area contributed by atoms with Crippen LogP contribution in [0, 0.1) is 20.8 Å². The molecule has 0 aromatic heterocycles. The van der Waals surface area contributed by atoms with E-state index in [0.717, 1.165) is 15.6 Å². The van der Waals surface area contributed by atoms with E-state index in [4.69, 9.17) is 0 Å². The highest BCUT2D eigenvalue weighted by Gasteiger charge is 2.14. The van der Waals surface area contributed by atoms with Crippen molar-refractivity contribution in [3.63, 3.8) is 0 Å². The Bertz CT molecular complexity index is 680. The van der Waals surface area contributed by atoms with E-state index < -0.39 is 0 Å². The van der Waals surface area contributed by atoms with Gasteiger partial charge in [-0.05, 0) is 60.0 Å². The fraction of sp³-hybridized carbons (Fsp3) is 0.188. The normalized spacial score (nSPS) is 10.4. The minimum absolute atomic E-state index is 0.202. The Morgan fingerprint density at radius 1 is 1.10 bits per heavy atom. The third kappa shape index (κ3) is 2.70. The predicted octanol–water partition coefficient (Wildman–Crippen LogP) is 4.33. The molecule has 20 heavy (non-hydrogen) atoms. The zero-order valence-electron chi connectivity index (χ0n) is 11.6. The zero-order valence-corrected chi connectivity index (χ0v) is 13.2. The van der Waals surface area contributed by atoms with E-state index in [2.05, 4.69) is 21.2 Å². The Balaban J connectivity index is 2.33. The molecule has 4 heteroatoms. The Labute approximate surface area is 126 Å². The number of hydrogen-bond donors (Lipinski definition) is 2. The molecular formula is C16H16BrNO2. The van der Waals surface area contributed by atoms with Crippen molar-refractivity contribution in [3.8, 4) is 5.75 Å². The summed E-state index contributed by atoms with van der Waals surface area (Å²) in [5.41, 5.74) is 3.65. The molecule has 0 spiro atoms. The molecular weight excluding hydrogens is 318 g/mol. The average Bonchev–Trinajstić information content (AvgIpc) is 2.42. The van der Waals surface area contributed by atoms with Gasteiger partial charge in [0.25, 0.3) is 5.91 Å². The van der Waals surface area contributed by atoms with E-state index >= 15 is 0 Å². The van der Waals surface area contributed by atoms with Crippen LogP contribution in [-0.4, -0.2) is 11.0 Å². The van der Waals surface area contributed by atoms with Crippen LogP contribution in [0.4, 0.5) is 5.69 Å². The molecule has 2 N–H and O–H groups in total. The summed E-state index contributed by atoms with van der Waals surface area (Å²) in [5, 5.41) is 12.7. The van der Waals surface area contributed by atoms with Gasteiger partial charge in [0.2, 0.25) is 0 Å². The zero-order chi connectivity index (χ0) is 14.9. The van der Waals surface area contributed by atoms with Gasteiger partial charge in [0.05, 0.1) is 5.56 Å². The Kier molecular flexibility index (Phi) is 4.14. The molecule has 0 saturated carbocycles. The van der Waals surface area contributed by atoms with E-state index in [0.29, 0.717) is 16.8 Å². The van der Waals surface area contributed by atoms with Gasteiger partial charge in [-0.25, -0.2) is 0 Å². The number of carbonyl (C=O) groups excluding carboxylic acids is 1. The Morgan fingerprint density at radius 2 is 1.80 bits per heavy atom. The summed E-state index contributed by atoms with van der Waals surface area (Å²) in [5.74, 6) is 0.0121. The second-order valence-electron chi connectivity index (χ2n) is 4.79. The number of carbonyl (C=O) groups is 1. The van der Waals surface area contributed by atoms with E-state index in [-0.39, 0.29) is 11.7 Å². The third-order valence-corrected chi connectivity index (χ3v) is 4.37. The van der Waals surface area contributed by atoms with Crippen LogP contribution in [-0.2, 0) is 0 Å². The Hall–Kier alpha value is -1.81. The van der Waals surface area contributed by atoms with E-state index in [1.54, 1.807) is 25.1 Å². The summed E-state index contributed by atoms with van der Waals surface area (Å²) in [6.45, 7) is 5.54. The van der Waals surface area contributed by atoms with Crippen molar-refractivity contribution in [3.05, 3.63) is 57.1 Å². The van der Waals surface area contributed by atoms with Crippen LogP contribution in [0.3, 0.4) is 0 Å². The highest BCUT2D eigenvalue weighted by molar-refractivity contribution is 9.10. The molecule has 2 rings (SSSR count). The lowest BCUT2D eigenvalue weighted by Crippen LogP contribution is -2.14. The summed E-state index contributed by atoms with van der Waals surface area (Å²) < 4.78 is 0.784. The second kappa shape index (κ2) is 5.67. The largest absolute Gasteiger partial charge is 0.507 e. The van der Waals surface area contributed by atoms with Crippen LogP contribution in [0.15, 0.2) is 34.8 Å². The molecule has 0 saturated heterocycles. The molecule has 0 fully saturated rings. The molecule has 104 valence electrons. The lowest BCUT2D eigenvalue weighted by Gasteiger charge is -2.12. The number of aryl methyl sites for hydroxylation is 2. The number of rotatable bonds is 2. The first kappa shape index (κ1) is 14.6. The van der Waals surface area contributed by atoms with Gasteiger partial charge in [-0.1, -0.05) is 18.2 Å². The van der Waals surface area contributed by atoms with Crippen LogP contribution in [0.2, 0.25) is 0 Å². The summed E-state index contributed by atoms with van der Waals surface area (Å²) in [6, 6.07) is 9.11. The van der Waals surface area contributed by atoms with Crippen LogP contribution in [0.25, 0.3) is 0 Å². The van der Waals surface area contributed by atoms with Gasteiger partial charge < -0.3 is 10.4 Å². The smallest absolute Gasteiger partial charge is 0.256 e. The van der Waals surface area contributed by atoms with Crippen molar-refractivity contribution in [2.75, 3.05) is 5.32 Å². The van der Waals surface area contributed by atoms with Gasteiger partial charge in [-0.15, -0.1) is 0 Å². The maximum absolute atomic E-state index is 12.3. The molecule has 0 atom stereocenters. The minimum Gasteiger partial charge on any atom is -0.507 e. The molecule has 1 amide bonds. The summed E-state index contributed by atoms with van der Waals surface area (Å²) >= 11 is 3.43. The molecule has 0 radical (unpaired) electrons. The molecule has 0 heterocycles. The van der Waals surface area contributed by atoms with Crippen molar-refractivity contribution in [1.82, 2.24) is 0 Å². The summed E-state index contributed by atoms with van der Waals surface area (Å²) in [6.07, 6.45) is 0. The topological polar surface area (TPSA) is 49.3 Å². The van der Waals surface area contributed by atoms with Crippen molar-refractivity contribution in [1.29, 1.82) is 0 Å².